The van der Waals surface area contributed by atoms with Crippen LogP contribution in [0.15, 0.2) is 35.9 Å². The first-order valence-electron chi connectivity index (χ1n) is 15.5. The Labute approximate surface area is 275 Å². The molecule has 0 radical (unpaired) electrons. The molecule has 2 amide bonds. The van der Waals surface area contributed by atoms with Gasteiger partial charge in [0, 0.05) is 25.4 Å². The van der Waals surface area contributed by atoms with Crippen molar-refractivity contribution in [2.75, 3.05) is 26.1 Å². The van der Waals surface area contributed by atoms with E-state index in [1.165, 1.54) is 18.1 Å². The van der Waals surface area contributed by atoms with Crippen molar-refractivity contribution in [3.8, 4) is 5.75 Å². The van der Waals surface area contributed by atoms with Gasteiger partial charge in [0.25, 0.3) is 0 Å². The van der Waals surface area contributed by atoms with Crippen molar-refractivity contribution in [1.29, 1.82) is 0 Å². The van der Waals surface area contributed by atoms with Gasteiger partial charge in [-0.1, -0.05) is 42.3 Å². The summed E-state index contributed by atoms with van der Waals surface area (Å²) < 4.78 is 23.0. The van der Waals surface area contributed by atoms with Gasteiger partial charge in [0.1, 0.15) is 41.2 Å². The Bertz CT molecular complexity index is 1380. The summed E-state index contributed by atoms with van der Waals surface area (Å²) in [5.41, 5.74) is 0.124. The predicted molar refractivity (Wildman–Crippen MR) is 172 cm³/mol. The maximum Gasteiger partial charge on any atom is 0.409 e. The number of halogens is 1. The molecule has 0 aliphatic carbocycles. The highest BCUT2D eigenvalue weighted by Gasteiger charge is 2.56. The second-order valence-electron chi connectivity index (χ2n) is 12.8. The lowest BCUT2D eigenvalue weighted by molar-refractivity contribution is -0.157. The fourth-order valence-electron chi connectivity index (χ4n) is 5.83. The number of aliphatic hydroxyl groups excluding tert-OH is 1. The molecule has 254 valence electrons. The second-order valence-corrected chi connectivity index (χ2v) is 13.2. The first-order valence-corrected chi connectivity index (χ1v) is 15.9. The summed E-state index contributed by atoms with van der Waals surface area (Å²) in [6.45, 7) is 9.32. The van der Waals surface area contributed by atoms with Crippen LogP contribution in [0.2, 0.25) is 5.02 Å². The topological polar surface area (TPSA) is 150 Å². The van der Waals surface area contributed by atoms with E-state index in [0.29, 0.717) is 17.9 Å². The number of benzene rings is 1. The number of esters is 1. The normalized spacial score (nSPS) is 32.9. The lowest BCUT2D eigenvalue weighted by Gasteiger charge is -2.40. The lowest BCUT2D eigenvalue weighted by Crippen LogP contribution is -2.63. The number of hydrogen-bond acceptors (Lipinski definition) is 10. The molecule has 46 heavy (non-hydrogen) atoms. The zero-order valence-corrected chi connectivity index (χ0v) is 28.4. The van der Waals surface area contributed by atoms with Crippen LogP contribution in [-0.4, -0.2) is 103 Å². The third kappa shape index (κ3) is 7.86. The number of rotatable bonds is 5. The number of fused-ring (bicyclic) bond motifs is 5. The van der Waals surface area contributed by atoms with Crippen LogP contribution >= 0.6 is 11.6 Å². The highest BCUT2D eigenvalue weighted by atomic mass is 35.5. The molecule has 3 N–H and O–H groups in total. The summed E-state index contributed by atoms with van der Waals surface area (Å²) in [4.78, 5) is 43.0. The molecule has 2 saturated heterocycles. The van der Waals surface area contributed by atoms with Gasteiger partial charge in [0.2, 0.25) is 5.91 Å². The number of amides is 2. The maximum absolute atomic E-state index is 13.8. The molecular formula is C33H46ClN3O9. The second kappa shape index (κ2) is 14.3. The minimum atomic E-state index is -2.00. The number of carbonyl (C=O) groups excluding carboxylic acids is 3. The molecule has 3 aliphatic rings. The SMILES string of the molecule is COc1cc2cc(c1Cl)N(C)C(=O)C[C@H](OC(=O)[C@H](C)N(C)C(C)C)[C@@H]1O[C@H]1[C@H](C)[C@@H]1C[C@@](O)(NC(=O)O1)[C@H](O)/C=C/C=C(\C)C2. The monoisotopic (exact) mass is 663 g/mol. The Morgan fingerprint density at radius 2 is 1.93 bits per heavy atom. The molecule has 0 saturated carbocycles. The van der Waals surface area contributed by atoms with Crippen LogP contribution in [0.5, 0.6) is 5.75 Å². The van der Waals surface area contributed by atoms with Gasteiger partial charge in [-0.3, -0.25) is 19.8 Å². The predicted octanol–water partition coefficient (Wildman–Crippen LogP) is 3.35. The van der Waals surface area contributed by atoms with E-state index in [9.17, 15) is 24.6 Å². The number of nitrogens with one attached hydrogen (secondary N) is 1. The Morgan fingerprint density at radius 3 is 2.59 bits per heavy atom. The van der Waals surface area contributed by atoms with Crippen molar-refractivity contribution in [1.82, 2.24) is 10.2 Å². The van der Waals surface area contributed by atoms with E-state index in [1.807, 2.05) is 32.7 Å². The number of nitrogens with zero attached hydrogens (tertiary/aromatic N) is 2. The van der Waals surface area contributed by atoms with Crippen LogP contribution in [0.1, 0.15) is 53.0 Å². The molecule has 4 bridgehead atoms. The number of aliphatic hydroxyl groups is 2. The zero-order valence-electron chi connectivity index (χ0n) is 27.7. The summed E-state index contributed by atoms with van der Waals surface area (Å²) in [5.74, 6) is -0.983. The highest BCUT2D eigenvalue weighted by molar-refractivity contribution is 6.35. The zero-order chi connectivity index (χ0) is 34.1. The third-order valence-electron chi connectivity index (χ3n) is 9.21. The van der Waals surface area contributed by atoms with E-state index in [1.54, 1.807) is 45.2 Å². The Hall–Kier alpha value is -3.16. The molecule has 1 aromatic rings. The number of hydrogen-bond donors (Lipinski definition) is 3. The third-order valence-corrected chi connectivity index (χ3v) is 9.59. The molecule has 1 aromatic carbocycles. The first kappa shape index (κ1) is 35.7. The van der Waals surface area contributed by atoms with E-state index >= 15 is 0 Å². The standard InChI is InChI=1S/C33H46ClN3O9/c1-17(2)36(6)20(5)31(40)44-24-15-27(39)37(7)22-13-21(14-23(43-8)28(22)34)12-18(3)10-9-11-26(38)33(42)16-25(45-32(41)35-33)19(4)29-30(24)46-29/h9-11,13-14,17,19-20,24-26,29-30,38,42H,12,15-16H2,1-8H3,(H,35,41)/b11-9+,18-10+/t19-,20+,24+,25+,26-,29+,30+,33+/m1/s1. The van der Waals surface area contributed by atoms with Gasteiger partial charge in [-0.2, -0.15) is 0 Å². The number of carbonyl (C=O) groups is 3. The van der Waals surface area contributed by atoms with E-state index in [2.05, 4.69) is 5.32 Å². The molecule has 0 spiro atoms. The Morgan fingerprint density at radius 1 is 1.24 bits per heavy atom. The van der Waals surface area contributed by atoms with Gasteiger partial charge in [-0.05, 0) is 58.9 Å². The summed E-state index contributed by atoms with van der Waals surface area (Å²) in [7, 11) is 4.90. The Kier molecular flexibility index (Phi) is 11.1. The van der Waals surface area contributed by atoms with E-state index in [-0.39, 0.29) is 29.8 Å². The molecular weight excluding hydrogens is 618 g/mol. The van der Waals surface area contributed by atoms with Gasteiger partial charge < -0.3 is 34.1 Å². The number of ether oxygens (including phenoxy) is 4. The van der Waals surface area contributed by atoms with Crippen molar-refractivity contribution in [2.24, 2.45) is 5.92 Å². The average molecular weight is 664 g/mol. The van der Waals surface area contributed by atoms with Crippen LogP contribution in [0.25, 0.3) is 0 Å². The van der Waals surface area contributed by atoms with Crippen molar-refractivity contribution in [3.63, 3.8) is 0 Å². The average Bonchev–Trinajstić information content (AvgIpc) is 3.79. The molecule has 4 rings (SSSR count). The number of alkyl carbamates (subject to hydrolysis) is 1. The van der Waals surface area contributed by atoms with Crippen molar-refractivity contribution >= 4 is 35.3 Å². The van der Waals surface area contributed by atoms with Crippen molar-refractivity contribution < 1.29 is 43.5 Å². The number of methoxy groups -OCH3 is 1. The molecule has 12 nitrogen and oxygen atoms in total. The van der Waals surface area contributed by atoms with Gasteiger partial charge in [0.05, 0.1) is 25.3 Å². The summed E-state index contributed by atoms with van der Waals surface area (Å²) >= 11 is 6.68. The van der Waals surface area contributed by atoms with Gasteiger partial charge >= 0.3 is 12.1 Å². The van der Waals surface area contributed by atoms with Crippen LogP contribution in [-0.2, 0) is 30.2 Å². The molecule has 8 atom stereocenters. The maximum atomic E-state index is 13.8. The summed E-state index contributed by atoms with van der Waals surface area (Å²) in [5, 5.41) is 24.8. The van der Waals surface area contributed by atoms with Crippen LogP contribution in [0.4, 0.5) is 10.5 Å². The largest absolute Gasteiger partial charge is 0.495 e. The van der Waals surface area contributed by atoms with Gasteiger partial charge in [-0.15, -0.1) is 0 Å². The fourth-order valence-corrected chi connectivity index (χ4v) is 6.14. The minimum absolute atomic E-state index is 0.0659. The van der Waals surface area contributed by atoms with Crippen molar-refractivity contribution in [2.45, 2.75) is 102 Å². The number of anilines is 1. The van der Waals surface area contributed by atoms with E-state index < -0.39 is 60.3 Å². The molecule has 0 unspecified atom stereocenters. The smallest absolute Gasteiger partial charge is 0.409 e. The number of epoxide rings is 1. The molecule has 0 aromatic heterocycles. The van der Waals surface area contributed by atoms with Crippen LogP contribution < -0.4 is 15.0 Å². The first-order chi connectivity index (χ1) is 21.6. The lowest BCUT2D eigenvalue weighted by atomic mass is 9.87. The van der Waals surface area contributed by atoms with E-state index in [4.69, 9.17) is 30.5 Å². The highest BCUT2D eigenvalue weighted by Crippen LogP contribution is 2.41. The van der Waals surface area contributed by atoms with Crippen LogP contribution in [0, 0.1) is 5.92 Å². The minimum Gasteiger partial charge on any atom is -0.495 e. The van der Waals surface area contributed by atoms with Gasteiger partial charge in [-0.25, -0.2) is 4.79 Å². The van der Waals surface area contributed by atoms with Crippen LogP contribution in [0.3, 0.4) is 0 Å². The summed E-state index contributed by atoms with van der Waals surface area (Å²) in [6.07, 6.45) is -0.523. The Balaban J connectivity index is 1.74. The van der Waals surface area contributed by atoms with Crippen molar-refractivity contribution in [3.05, 3.63) is 46.5 Å². The quantitative estimate of drug-likeness (QED) is 0.316. The molecule has 3 heterocycles. The molecule has 2 fully saturated rings. The number of allylic oxidation sites excluding steroid dienone is 3. The fraction of sp³-hybridized carbons (Fsp3) is 0.606. The van der Waals surface area contributed by atoms with E-state index in [0.717, 1.165) is 11.1 Å². The summed E-state index contributed by atoms with van der Waals surface area (Å²) in [6, 6.07) is 3.05. The van der Waals surface area contributed by atoms with Gasteiger partial charge in [0.15, 0.2) is 5.72 Å². The number of likely N-dealkylation sites (N-methyl/N-ethyl adjacent to an activating group) is 1. The molecule has 3 aliphatic heterocycles. The molecule has 13 heteroatoms.